The van der Waals surface area contributed by atoms with E-state index in [0.29, 0.717) is 5.56 Å². The maximum Gasteiger partial charge on any atom is 0.255 e. The number of rotatable bonds is 4. The molecule has 132 valence electrons. The predicted octanol–water partition coefficient (Wildman–Crippen LogP) is 2.50. The lowest BCUT2D eigenvalue weighted by atomic mass is 10.2. The number of carbonyl (C=O) groups is 1. The van der Waals surface area contributed by atoms with Crippen LogP contribution in [0.2, 0.25) is 0 Å². The molecule has 5 nitrogen and oxygen atoms in total. The molecule has 2 heterocycles. The molecule has 25 heavy (non-hydrogen) atoms. The van der Waals surface area contributed by atoms with E-state index in [4.69, 9.17) is 0 Å². The van der Waals surface area contributed by atoms with Gasteiger partial charge in [-0.2, -0.15) is 0 Å². The summed E-state index contributed by atoms with van der Waals surface area (Å²) >= 11 is 0. The van der Waals surface area contributed by atoms with Gasteiger partial charge in [-0.15, -0.1) is 0 Å². The third-order valence-corrected chi connectivity index (χ3v) is 4.58. The van der Waals surface area contributed by atoms with Crippen molar-refractivity contribution in [3.05, 3.63) is 59.8 Å². The summed E-state index contributed by atoms with van der Waals surface area (Å²) in [5.41, 5.74) is 1.99. The molecule has 1 amide bonds. The Bertz CT molecular complexity index is 685. The molecule has 0 radical (unpaired) electrons. The van der Waals surface area contributed by atoms with Crippen LogP contribution in [0.3, 0.4) is 0 Å². The lowest BCUT2D eigenvalue weighted by molar-refractivity contribution is 0.0760. The van der Waals surface area contributed by atoms with E-state index >= 15 is 0 Å². The Hall–Kier alpha value is -2.40. The van der Waals surface area contributed by atoms with E-state index in [1.54, 1.807) is 6.20 Å². The molecule has 1 saturated heterocycles. The Kier molecular flexibility index (Phi) is 5.66. The van der Waals surface area contributed by atoms with Gasteiger partial charge in [-0.1, -0.05) is 30.3 Å². The first-order chi connectivity index (χ1) is 12.1. The molecule has 0 unspecified atom stereocenters. The zero-order valence-electron chi connectivity index (χ0n) is 15.1. The maximum absolute atomic E-state index is 12.8. The van der Waals surface area contributed by atoms with Gasteiger partial charge >= 0.3 is 0 Å². The van der Waals surface area contributed by atoms with Gasteiger partial charge in [-0.3, -0.25) is 9.69 Å². The molecule has 1 aliphatic heterocycles. The number of hydrogen-bond donors (Lipinski definition) is 0. The zero-order chi connectivity index (χ0) is 17.6. The normalized spacial score (nSPS) is 15.7. The molecule has 0 N–H and O–H groups in total. The molecule has 0 saturated carbocycles. The molecule has 1 aromatic carbocycles. The smallest absolute Gasteiger partial charge is 0.255 e. The van der Waals surface area contributed by atoms with Gasteiger partial charge in [0.1, 0.15) is 5.82 Å². The highest BCUT2D eigenvalue weighted by molar-refractivity contribution is 5.94. The van der Waals surface area contributed by atoms with Crippen molar-refractivity contribution in [2.75, 3.05) is 45.2 Å². The third-order valence-electron chi connectivity index (χ3n) is 4.58. The first-order valence-corrected chi connectivity index (χ1v) is 8.82. The van der Waals surface area contributed by atoms with Gasteiger partial charge in [0.05, 0.1) is 5.56 Å². The first kappa shape index (κ1) is 17.4. The van der Waals surface area contributed by atoms with Crippen molar-refractivity contribution in [2.24, 2.45) is 0 Å². The lowest BCUT2D eigenvalue weighted by Crippen LogP contribution is -2.35. The summed E-state index contributed by atoms with van der Waals surface area (Å²) in [6.45, 7) is 4.45. The summed E-state index contributed by atoms with van der Waals surface area (Å²) in [5.74, 6) is 0.945. The van der Waals surface area contributed by atoms with Crippen molar-refractivity contribution in [1.29, 1.82) is 0 Å². The van der Waals surface area contributed by atoms with Gasteiger partial charge in [0, 0.05) is 53.0 Å². The predicted molar refractivity (Wildman–Crippen MR) is 101 cm³/mol. The van der Waals surface area contributed by atoms with Gasteiger partial charge in [-0.25, -0.2) is 4.98 Å². The molecule has 0 atom stereocenters. The summed E-state index contributed by atoms with van der Waals surface area (Å²) in [4.78, 5) is 23.4. The molecule has 5 heteroatoms. The number of anilines is 1. The first-order valence-electron chi connectivity index (χ1n) is 8.82. The molecule has 0 spiro atoms. The van der Waals surface area contributed by atoms with Crippen molar-refractivity contribution < 1.29 is 4.79 Å². The highest BCUT2D eigenvalue weighted by Crippen LogP contribution is 2.13. The van der Waals surface area contributed by atoms with Gasteiger partial charge in [0.2, 0.25) is 0 Å². The van der Waals surface area contributed by atoms with E-state index in [1.807, 2.05) is 42.1 Å². The molecule has 0 bridgehead atoms. The van der Waals surface area contributed by atoms with Crippen molar-refractivity contribution in [3.63, 3.8) is 0 Å². The largest absolute Gasteiger partial charge is 0.363 e. The van der Waals surface area contributed by atoms with Crippen molar-refractivity contribution in [1.82, 2.24) is 14.8 Å². The fourth-order valence-electron chi connectivity index (χ4n) is 3.13. The third kappa shape index (κ3) is 4.57. The molecular weight excluding hydrogens is 312 g/mol. The average Bonchev–Trinajstić information content (AvgIpc) is 2.88. The van der Waals surface area contributed by atoms with Crippen LogP contribution in [0.25, 0.3) is 0 Å². The van der Waals surface area contributed by atoms with E-state index in [1.165, 1.54) is 5.56 Å². The van der Waals surface area contributed by atoms with E-state index in [2.05, 4.69) is 34.1 Å². The van der Waals surface area contributed by atoms with Crippen LogP contribution in [0, 0.1) is 0 Å². The molecule has 1 aromatic heterocycles. The topological polar surface area (TPSA) is 39.7 Å². The Labute approximate surface area is 149 Å². The summed E-state index contributed by atoms with van der Waals surface area (Å²) in [5, 5.41) is 0. The average molecular weight is 338 g/mol. The molecule has 0 aliphatic carbocycles. The second-order valence-electron chi connectivity index (χ2n) is 6.71. The molecule has 2 aromatic rings. The zero-order valence-corrected chi connectivity index (χ0v) is 15.1. The van der Waals surface area contributed by atoms with Crippen LogP contribution in [-0.2, 0) is 6.54 Å². The summed E-state index contributed by atoms with van der Waals surface area (Å²) in [7, 11) is 3.89. The van der Waals surface area contributed by atoms with Gasteiger partial charge in [0.25, 0.3) is 5.91 Å². The van der Waals surface area contributed by atoms with Gasteiger partial charge in [0.15, 0.2) is 0 Å². The maximum atomic E-state index is 12.8. The summed E-state index contributed by atoms with van der Waals surface area (Å²) in [6, 6.07) is 14.3. The molecule has 3 rings (SSSR count). The second kappa shape index (κ2) is 8.12. The van der Waals surface area contributed by atoms with Crippen LogP contribution < -0.4 is 4.90 Å². The van der Waals surface area contributed by atoms with Crippen LogP contribution in [-0.4, -0.2) is 61.0 Å². The van der Waals surface area contributed by atoms with E-state index in [9.17, 15) is 4.79 Å². The number of aromatic nitrogens is 1. The Morgan fingerprint density at radius 2 is 1.84 bits per heavy atom. The van der Waals surface area contributed by atoms with E-state index in [-0.39, 0.29) is 5.91 Å². The van der Waals surface area contributed by atoms with Gasteiger partial charge in [-0.05, 0) is 24.1 Å². The number of amides is 1. The molecule has 1 aliphatic rings. The van der Waals surface area contributed by atoms with Crippen LogP contribution in [0.4, 0.5) is 5.82 Å². The van der Waals surface area contributed by atoms with E-state index in [0.717, 1.165) is 45.0 Å². The van der Waals surface area contributed by atoms with Crippen molar-refractivity contribution in [2.45, 2.75) is 13.0 Å². The fraction of sp³-hybridized carbons (Fsp3) is 0.400. The number of hydrogen-bond acceptors (Lipinski definition) is 4. The minimum Gasteiger partial charge on any atom is -0.363 e. The van der Waals surface area contributed by atoms with Crippen LogP contribution in [0.5, 0.6) is 0 Å². The summed E-state index contributed by atoms with van der Waals surface area (Å²) in [6.07, 6.45) is 2.69. The fourth-order valence-corrected chi connectivity index (χ4v) is 3.13. The van der Waals surface area contributed by atoms with Crippen LogP contribution in [0.1, 0.15) is 22.3 Å². The Morgan fingerprint density at radius 1 is 1.04 bits per heavy atom. The lowest BCUT2D eigenvalue weighted by Gasteiger charge is -2.22. The standard InChI is InChI=1S/C20H26N4O/c1-22(2)19-10-9-18(15-21-19)20(25)24-12-6-11-23(13-14-24)16-17-7-4-3-5-8-17/h3-5,7-10,15H,6,11-14,16H2,1-2H3. The van der Waals surface area contributed by atoms with Gasteiger partial charge < -0.3 is 9.80 Å². The number of carbonyl (C=O) groups excluding carboxylic acids is 1. The number of pyridine rings is 1. The van der Waals surface area contributed by atoms with Crippen LogP contribution in [0.15, 0.2) is 48.7 Å². The summed E-state index contributed by atoms with van der Waals surface area (Å²) < 4.78 is 0. The Balaban J connectivity index is 1.59. The highest BCUT2D eigenvalue weighted by atomic mass is 16.2. The number of benzene rings is 1. The van der Waals surface area contributed by atoms with Crippen LogP contribution >= 0.6 is 0 Å². The SMILES string of the molecule is CN(C)c1ccc(C(=O)N2CCCN(Cc3ccccc3)CC2)cn1. The highest BCUT2D eigenvalue weighted by Gasteiger charge is 2.20. The Morgan fingerprint density at radius 3 is 2.52 bits per heavy atom. The monoisotopic (exact) mass is 338 g/mol. The second-order valence-corrected chi connectivity index (χ2v) is 6.71. The van der Waals surface area contributed by atoms with Crippen molar-refractivity contribution >= 4 is 11.7 Å². The molecular formula is C20H26N4O. The van der Waals surface area contributed by atoms with E-state index < -0.39 is 0 Å². The number of nitrogens with zero attached hydrogens (tertiary/aromatic N) is 4. The minimum absolute atomic E-state index is 0.0827. The van der Waals surface area contributed by atoms with Crippen molar-refractivity contribution in [3.8, 4) is 0 Å². The molecule has 1 fully saturated rings. The minimum atomic E-state index is 0.0827. The quantitative estimate of drug-likeness (QED) is 0.859.